The molecule has 2 aromatic rings. The van der Waals surface area contributed by atoms with Crippen LogP contribution in [-0.2, 0) is 21.4 Å². The lowest BCUT2D eigenvalue weighted by Crippen LogP contribution is -2.43. The fraction of sp³-hybridized carbons (Fsp3) is 0.444. The van der Waals surface area contributed by atoms with Crippen LogP contribution in [0.5, 0.6) is 0 Å². The van der Waals surface area contributed by atoms with E-state index < -0.39 is 10.0 Å². The SMILES string of the molecule is O=C(NCCCn1ccnc1)C1CCN(S(=O)(=O)c2ccccc2)CC1. The first kappa shape index (κ1) is 18.6. The summed E-state index contributed by atoms with van der Waals surface area (Å²) in [5, 5.41) is 2.96. The summed E-state index contributed by atoms with van der Waals surface area (Å²) in [5.41, 5.74) is 0. The number of aryl methyl sites for hydroxylation is 1. The van der Waals surface area contributed by atoms with E-state index in [9.17, 15) is 13.2 Å². The Kier molecular flexibility index (Phi) is 6.05. The van der Waals surface area contributed by atoms with Gasteiger partial charge in [0.25, 0.3) is 0 Å². The number of aromatic nitrogens is 2. The fourth-order valence-corrected chi connectivity index (χ4v) is 4.63. The lowest BCUT2D eigenvalue weighted by atomic mass is 9.97. The Balaban J connectivity index is 1.43. The number of benzene rings is 1. The van der Waals surface area contributed by atoms with Crippen LogP contribution < -0.4 is 5.32 Å². The first-order chi connectivity index (χ1) is 12.6. The van der Waals surface area contributed by atoms with E-state index in [1.54, 1.807) is 42.9 Å². The number of sulfonamides is 1. The van der Waals surface area contributed by atoms with E-state index in [1.165, 1.54) is 4.31 Å². The molecule has 1 aliphatic rings. The van der Waals surface area contributed by atoms with E-state index in [0.717, 1.165) is 13.0 Å². The van der Waals surface area contributed by atoms with Crippen molar-refractivity contribution < 1.29 is 13.2 Å². The van der Waals surface area contributed by atoms with Crippen molar-refractivity contribution in [1.82, 2.24) is 19.2 Å². The van der Waals surface area contributed by atoms with E-state index in [4.69, 9.17) is 0 Å². The van der Waals surface area contributed by atoms with Gasteiger partial charge in [0.1, 0.15) is 0 Å². The molecule has 1 aromatic heterocycles. The van der Waals surface area contributed by atoms with Gasteiger partial charge in [0, 0.05) is 44.5 Å². The molecule has 1 aliphatic heterocycles. The highest BCUT2D eigenvalue weighted by atomic mass is 32.2. The lowest BCUT2D eigenvalue weighted by molar-refractivity contribution is -0.126. The highest BCUT2D eigenvalue weighted by molar-refractivity contribution is 7.89. The normalized spacial score (nSPS) is 16.5. The minimum Gasteiger partial charge on any atom is -0.356 e. The highest BCUT2D eigenvalue weighted by Crippen LogP contribution is 2.23. The summed E-state index contributed by atoms with van der Waals surface area (Å²) in [7, 11) is -3.46. The fourth-order valence-electron chi connectivity index (χ4n) is 3.14. The summed E-state index contributed by atoms with van der Waals surface area (Å²) in [6.45, 7) is 2.18. The van der Waals surface area contributed by atoms with Gasteiger partial charge in [-0.15, -0.1) is 0 Å². The maximum absolute atomic E-state index is 12.6. The molecule has 0 atom stereocenters. The summed E-state index contributed by atoms with van der Waals surface area (Å²) in [6.07, 6.45) is 7.33. The van der Waals surface area contributed by atoms with E-state index in [-0.39, 0.29) is 11.8 Å². The molecule has 2 heterocycles. The van der Waals surface area contributed by atoms with Crippen molar-refractivity contribution >= 4 is 15.9 Å². The smallest absolute Gasteiger partial charge is 0.243 e. The molecular formula is C18H24N4O3S. The third-order valence-electron chi connectivity index (χ3n) is 4.66. The van der Waals surface area contributed by atoms with Crippen molar-refractivity contribution in [2.45, 2.75) is 30.7 Å². The molecule has 0 radical (unpaired) electrons. The van der Waals surface area contributed by atoms with Gasteiger partial charge in [-0.3, -0.25) is 4.79 Å². The zero-order chi connectivity index (χ0) is 18.4. The molecule has 1 aromatic carbocycles. The molecule has 3 rings (SSSR count). The Hall–Kier alpha value is -2.19. The van der Waals surface area contributed by atoms with Gasteiger partial charge in [-0.05, 0) is 31.4 Å². The summed E-state index contributed by atoms with van der Waals surface area (Å²) in [4.78, 5) is 16.6. The van der Waals surface area contributed by atoms with Crippen LogP contribution in [0.4, 0.5) is 0 Å². The minimum absolute atomic E-state index is 0.0207. The van der Waals surface area contributed by atoms with Crippen LogP contribution in [0.2, 0.25) is 0 Å². The Bertz CT molecular complexity index is 798. The van der Waals surface area contributed by atoms with E-state index in [2.05, 4.69) is 10.3 Å². The Morgan fingerprint density at radius 2 is 1.92 bits per heavy atom. The number of carbonyl (C=O) groups excluding carboxylic acids is 1. The molecule has 0 saturated carbocycles. The van der Waals surface area contributed by atoms with E-state index >= 15 is 0 Å². The Morgan fingerprint density at radius 1 is 1.19 bits per heavy atom. The van der Waals surface area contributed by atoms with E-state index in [0.29, 0.717) is 37.4 Å². The molecule has 1 saturated heterocycles. The first-order valence-electron chi connectivity index (χ1n) is 8.86. The van der Waals surface area contributed by atoms with Gasteiger partial charge < -0.3 is 9.88 Å². The standard InChI is InChI=1S/C18H24N4O3S/c23-18(20-9-4-11-21-14-10-19-15-21)16-7-12-22(13-8-16)26(24,25)17-5-2-1-3-6-17/h1-3,5-6,10,14-16H,4,7-9,11-13H2,(H,20,23). The second-order valence-electron chi connectivity index (χ2n) is 6.44. The van der Waals surface area contributed by atoms with Crippen molar-refractivity contribution in [3.63, 3.8) is 0 Å². The predicted octanol–water partition coefficient (Wildman–Crippen LogP) is 1.49. The average Bonchev–Trinajstić information content (AvgIpc) is 3.19. The third-order valence-corrected chi connectivity index (χ3v) is 6.57. The van der Waals surface area contributed by atoms with Crippen LogP contribution in [-0.4, -0.2) is 47.8 Å². The number of nitrogens with zero attached hydrogens (tertiary/aromatic N) is 3. The summed E-state index contributed by atoms with van der Waals surface area (Å²) in [5.74, 6) is -0.0992. The maximum atomic E-state index is 12.6. The van der Waals surface area contributed by atoms with Gasteiger partial charge in [0.2, 0.25) is 15.9 Å². The zero-order valence-corrected chi connectivity index (χ0v) is 15.4. The van der Waals surface area contributed by atoms with Gasteiger partial charge in [-0.25, -0.2) is 13.4 Å². The molecule has 0 bridgehead atoms. The second-order valence-corrected chi connectivity index (χ2v) is 8.37. The van der Waals surface area contributed by atoms with Crippen LogP contribution in [0.1, 0.15) is 19.3 Å². The molecular weight excluding hydrogens is 352 g/mol. The molecule has 1 fully saturated rings. The molecule has 8 heteroatoms. The van der Waals surface area contributed by atoms with Crippen LogP contribution in [0.25, 0.3) is 0 Å². The number of nitrogens with one attached hydrogen (secondary N) is 1. The van der Waals surface area contributed by atoms with Crippen LogP contribution >= 0.6 is 0 Å². The maximum Gasteiger partial charge on any atom is 0.243 e. The highest BCUT2D eigenvalue weighted by Gasteiger charge is 2.31. The molecule has 1 N–H and O–H groups in total. The number of piperidine rings is 1. The van der Waals surface area contributed by atoms with Crippen LogP contribution in [0.15, 0.2) is 53.9 Å². The van der Waals surface area contributed by atoms with Gasteiger partial charge in [-0.1, -0.05) is 18.2 Å². The molecule has 1 amide bonds. The summed E-state index contributed by atoms with van der Waals surface area (Å²) >= 11 is 0. The number of rotatable bonds is 7. The zero-order valence-electron chi connectivity index (χ0n) is 14.6. The summed E-state index contributed by atoms with van der Waals surface area (Å²) in [6, 6.07) is 8.44. The van der Waals surface area contributed by atoms with Crippen molar-refractivity contribution in [1.29, 1.82) is 0 Å². The first-order valence-corrected chi connectivity index (χ1v) is 10.3. The Labute approximate surface area is 154 Å². The van der Waals surface area contributed by atoms with Crippen molar-refractivity contribution in [3.8, 4) is 0 Å². The third kappa shape index (κ3) is 4.50. The Morgan fingerprint density at radius 3 is 2.58 bits per heavy atom. The lowest BCUT2D eigenvalue weighted by Gasteiger charge is -2.30. The molecule has 26 heavy (non-hydrogen) atoms. The number of amides is 1. The molecule has 0 spiro atoms. The number of imidazole rings is 1. The predicted molar refractivity (Wildman–Crippen MR) is 97.8 cm³/mol. The van der Waals surface area contributed by atoms with Crippen molar-refractivity contribution in [2.24, 2.45) is 5.92 Å². The van der Waals surface area contributed by atoms with Crippen molar-refractivity contribution in [2.75, 3.05) is 19.6 Å². The number of carbonyl (C=O) groups is 1. The van der Waals surface area contributed by atoms with Gasteiger partial charge in [-0.2, -0.15) is 4.31 Å². The minimum atomic E-state index is -3.46. The van der Waals surface area contributed by atoms with E-state index in [1.807, 2.05) is 10.8 Å². The average molecular weight is 376 g/mol. The van der Waals surface area contributed by atoms with Gasteiger partial charge in [0.15, 0.2) is 0 Å². The summed E-state index contributed by atoms with van der Waals surface area (Å²) < 4.78 is 28.7. The number of hydrogen-bond acceptors (Lipinski definition) is 4. The topological polar surface area (TPSA) is 84.3 Å². The second kappa shape index (κ2) is 8.46. The van der Waals surface area contributed by atoms with Gasteiger partial charge in [0.05, 0.1) is 11.2 Å². The molecule has 140 valence electrons. The molecule has 0 unspecified atom stereocenters. The van der Waals surface area contributed by atoms with Gasteiger partial charge >= 0.3 is 0 Å². The molecule has 7 nitrogen and oxygen atoms in total. The van der Waals surface area contributed by atoms with Crippen LogP contribution in [0.3, 0.4) is 0 Å². The quantitative estimate of drug-likeness (QED) is 0.742. The monoisotopic (exact) mass is 376 g/mol. The van der Waals surface area contributed by atoms with Crippen LogP contribution in [0, 0.1) is 5.92 Å². The number of hydrogen-bond donors (Lipinski definition) is 1. The largest absolute Gasteiger partial charge is 0.356 e. The molecule has 0 aliphatic carbocycles. The van der Waals surface area contributed by atoms with Crippen molar-refractivity contribution in [3.05, 3.63) is 49.1 Å².